The Morgan fingerprint density at radius 2 is 1.95 bits per heavy atom. The molecule has 112 valence electrons. The molecule has 1 aromatic carbocycles. The van der Waals surface area contributed by atoms with Crippen LogP contribution in [0.1, 0.15) is 16.8 Å². The fraction of sp³-hybridized carbons (Fsp3) is 0.357. The summed E-state index contributed by atoms with van der Waals surface area (Å²) in [6.07, 6.45) is 0.467. The third-order valence-corrected chi connectivity index (χ3v) is 3.39. The predicted octanol–water partition coefficient (Wildman–Crippen LogP) is 0.0974. The number of primary amides is 1. The number of hydrogen-bond donors (Lipinski definition) is 2. The first kappa shape index (κ1) is 14.8. The molecule has 0 spiro atoms. The quantitative estimate of drug-likeness (QED) is 0.799. The zero-order valence-electron chi connectivity index (χ0n) is 11.3. The normalized spacial score (nSPS) is 17.5. The highest BCUT2D eigenvalue weighted by atomic mass is 16.5. The second kappa shape index (κ2) is 6.25. The Hall–Kier alpha value is -2.57. The van der Waals surface area contributed by atoms with Crippen molar-refractivity contribution in [3.8, 4) is 5.75 Å². The Kier molecular flexibility index (Phi) is 4.42. The number of ether oxygens (including phenoxy) is 1. The first-order valence-corrected chi connectivity index (χ1v) is 6.50. The monoisotopic (exact) mass is 292 g/mol. The van der Waals surface area contributed by atoms with Gasteiger partial charge in [-0.05, 0) is 30.7 Å². The van der Waals surface area contributed by atoms with Crippen LogP contribution in [0.5, 0.6) is 5.75 Å². The smallest absolute Gasteiger partial charge is 0.308 e. The average Bonchev–Trinajstić information content (AvgIpc) is 2.95. The Balaban J connectivity index is 1.84. The molecular formula is C14H16N2O5. The van der Waals surface area contributed by atoms with Crippen LogP contribution < -0.4 is 10.5 Å². The molecule has 21 heavy (non-hydrogen) atoms. The van der Waals surface area contributed by atoms with E-state index in [0.717, 1.165) is 0 Å². The van der Waals surface area contributed by atoms with Crippen LogP contribution >= 0.6 is 0 Å². The Labute approximate surface area is 121 Å². The minimum absolute atomic E-state index is 0.164. The number of carboxylic acids is 1. The highest BCUT2D eigenvalue weighted by Gasteiger charge is 2.30. The molecule has 1 heterocycles. The van der Waals surface area contributed by atoms with Crippen molar-refractivity contribution < 1.29 is 24.2 Å². The Bertz CT molecular complexity index is 555. The van der Waals surface area contributed by atoms with E-state index in [1.165, 1.54) is 17.0 Å². The van der Waals surface area contributed by atoms with E-state index >= 15 is 0 Å². The van der Waals surface area contributed by atoms with Crippen molar-refractivity contribution in [3.63, 3.8) is 0 Å². The van der Waals surface area contributed by atoms with Gasteiger partial charge in [0.25, 0.3) is 5.91 Å². The minimum atomic E-state index is -0.881. The van der Waals surface area contributed by atoms with Gasteiger partial charge >= 0.3 is 5.97 Å². The maximum atomic E-state index is 11.9. The zero-order chi connectivity index (χ0) is 15.4. The van der Waals surface area contributed by atoms with Crippen molar-refractivity contribution in [2.24, 2.45) is 11.7 Å². The highest BCUT2D eigenvalue weighted by molar-refractivity contribution is 5.92. The van der Waals surface area contributed by atoms with E-state index in [1.807, 2.05) is 0 Å². The molecule has 2 rings (SSSR count). The lowest BCUT2D eigenvalue weighted by Crippen LogP contribution is -2.33. The maximum Gasteiger partial charge on any atom is 0.308 e. The molecule has 0 aromatic heterocycles. The van der Waals surface area contributed by atoms with E-state index in [9.17, 15) is 14.4 Å². The van der Waals surface area contributed by atoms with Crippen molar-refractivity contribution in [3.05, 3.63) is 29.8 Å². The van der Waals surface area contributed by atoms with Gasteiger partial charge in [-0.2, -0.15) is 0 Å². The molecule has 0 radical (unpaired) electrons. The molecule has 0 aliphatic carbocycles. The summed E-state index contributed by atoms with van der Waals surface area (Å²) in [7, 11) is 0. The number of nitrogens with zero attached hydrogens (tertiary/aromatic N) is 1. The standard InChI is InChI=1S/C14H16N2O5/c15-13(18)9-1-3-11(4-2-9)21-8-12(17)16-6-5-10(7-16)14(19)20/h1-4,10H,5-8H2,(H2,15,18)(H,19,20)/t10-/m1/s1. The summed E-state index contributed by atoms with van der Waals surface area (Å²) in [5, 5.41) is 8.88. The average molecular weight is 292 g/mol. The fourth-order valence-corrected chi connectivity index (χ4v) is 2.14. The van der Waals surface area contributed by atoms with E-state index in [0.29, 0.717) is 24.3 Å². The van der Waals surface area contributed by atoms with Gasteiger partial charge in [-0.25, -0.2) is 0 Å². The fourth-order valence-electron chi connectivity index (χ4n) is 2.14. The zero-order valence-corrected chi connectivity index (χ0v) is 11.3. The second-order valence-corrected chi connectivity index (χ2v) is 4.84. The van der Waals surface area contributed by atoms with Gasteiger partial charge in [-0.1, -0.05) is 0 Å². The summed E-state index contributed by atoms with van der Waals surface area (Å²) in [4.78, 5) is 35.1. The lowest BCUT2D eigenvalue weighted by Gasteiger charge is -2.16. The van der Waals surface area contributed by atoms with Gasteiger partial charge in [0.15, 0.2) is 6.61 Å². The number of aliphatic carboxylic acids is 1. The van der Waals surface area contributed by atoms with Gasteiger partial charge in [-0.15, -0.1) is 0 Å². The molecule has 1 atom stereocenters. The summed E-state index contributed by atoms with van der Waals surface area (Å²) in [6.45, 7) is 0.486. The molecule has 7 nitrogen and oxygen atoms in total. The van der Waals surface area contributed by atoms with Crippen molar-refractivity contribution in [2.45, 2.75) is 6.42 Å². The molecule has 1 fully saturated rings. The summed E-state index contributed by atoms with van der Waals surface area (Å²) >= 11 is 0. The lowest BCUT2D eigenvalue weighted by atomic mass is 10.1. The first-order chi connectivity index (χ1) is 9.97. The number of carboxylic acid groups (broad SMARTS) is 1. The van der Waals surface area contributed by atoms with Crippen molar-refractivity contribution in [1.82, 2.24) is 4.90 Å². The summed E-state index contributed by atoms with van der Waals surface area (Å²) in [5.41, 5.74) is 5.48. The highest BCUT2D eigenvalue weighted by Crippen LogP contribution is 2.17. The number of nitrogens with two attached hydrogens (primary N) is 1. The third kappa shape index (κ3) is 3.71. The first-order valence-electron chi connectivity index (χ1n) is 6.50. The molecule has 1 aromatic rings. The van der Waals surface area contributed by atoms with E-state index in [2.05, 4.69) is 0 Å². The number of hydrogen-bond acceptors (Lipinski definition) is 4. The molecule has 1 saturated heterocycles. The van der Waals surface area contributed by atoms with Crippen LogP contribution in [0, 0.1) is 5.92 Å². The summed E-state index contributed by atoms with van der Waals surface area (Å²) < 4.78 is 5.32. The summed E-state index contributed by atoms with van der Waals surface area (Å²) in [5.74, 6) is -1.72. The molecule has 0 saturated carbocycles. The van der Waals surface area contributed by atoms with Gasteiger partial charge in [0, 0.05) is 18.7 Å². The van der Waals surface area contributed by atoms with Gasteiger partial charge in [0.1, 0.15) is 5.75 Å². The van der Waals surface area contributed by atoms with Crippen LogP contribution in [0.3, 0.4) is 0 Å². The van der Waals surface area contributed by atoms with Crippen LogP contribution in [0.15, 0.2) is 24.3 Å². The van der Waals surface area contributed by atoms with Crippen molar-refractivity contribution in [2.75, 3.05) is 19.7 Å². The number of carbonyl (C=O) groups excluding carboxylic acids is 2. The number of carbonyl (C=O) groups is 3. The largest absolute Gasteiger partial charge is 0.484 e. The van der Waals surface area contributed by atoms with Crippen LogP contribution in [-0.4, -0.2) is 47.5 Å². The molecule has 0 unspecified atom stereocenters. The van der Waals surface area contributed by atoms with E-state index in [-0.39, 0.29) is 19.1 Å². The molecule has 1 aliphatic rings. The number of likely N-dealkylation sites (tertiary alicyclic amines) is 1. The van der Waals surface area contributed by atoms with E-state index in [4.69, 9.17) is 15.6 Å². The van der Waals surface area contributed by atoms with Gasteiger partial charge in [0.2, 0.25) is 5.91 Å². The van der Waals surface area contributed by atoms with Gasteiger partial charge in [-0.3, -0.25) is 14.4 Å². The van der Waals surface area contributed by atoms with Gasteiger partial charge in [0.05, 0.1) is 5.92 Å². The topological polar surface area (TPSA) is 110 Å². The Morgan fingerprint density at radius 3 is 2.48 bits per heavy atom. The van der Waals surface area contributed by atoms with E-state index in [1.54, 1.807) is 12.1 Å². The van der Waals surface area contributed by atoms with Gasteiger partial charge < -0.3 is 20.5 Å². The maximum absolute atomic E-state index is 11.9. The molecule has 0 bridgehead atoms. The van der Waals surface area contributed by atoms with Crippen LogP contribution in [0.25, 0.3) is 0 Å². The van der Waals surface area contributed by atoms with Crippen LogP contribution in [-0.2, 0) is 9.59 Å². The van der Waals surface area contributed by atoms with Crippen molar-refractivity contribution in [1.29, 1.82) is 0 Å². The van der Waals surface area contributed by atoms with Crippen LogP contribution in [0.4, 0.5) is 0 Å². The molecule has 7 heteroatoms. The molecule has 3 N–H and O–H groups in total. The number of benzene rings is 1. The Morgan fingerprint density at radius 1 is 1.29 bits per heavy atom. The molecular weight excluding hydrogens is 276 g/mol. The second-order valence-electron chi connectivity index (χ2n) is 4.84. The van der Waals surface area contributed by atoms with Crippen molar-refractivity contribution >= 4 is 17.8 Å². The number of amides is 2. The summed E-state index contributed by atoms with van der Waals surface area (Å²) in [6, 6.07) is 6.13. The predicted molar refractivity (Wildman–Crippen MR) is 72.8 cm³/mol. The van der Waals surface area contributed by atoms with E-state index < -0.39 is 17.8 Å². The lowest BCUT2D eigenvalue weighted by molar-refractivity contribution is -0.141. The van der Waals surface area contributed by atoms with Crippen LogP contribution in [0.2, 0.25) is 0 Å². The minimum Gasteiger partial charge on any atom is -0.484 e. The third-order valence-electron chi connectivity index (χ3n) is 3.39. The SMILES string of the molecule is NC(=O)c1ccc(OCC(=O)N2CC[C@@H](C(=O)O)C2)cc1. The molecule has 2 amide bonds. The number of rotatable bonds is 5. The molecule has 1 aliphatic heterocycles.